The highest BCUT2D eigenvalue weighted by molar-refractivity contribution is 5.83. The van der Waals surface area contributed by atoms with Gasteiger partial charge in [-0.15, -0.1) is 0 Å². The van der Waals surface area contributed by atoms with E-state index >= 15 is 0 Å². The van der Waals surface area contributed by atoms with Gasteiger partial charge in [0.25, 0.3) is 0 Å². The first-order valence-corrected chi connectivity index (χ1v) is 6.53. The molecule has 1 aromatic rings. The van der Waals surface area contributed by atoms with Gasteiger partial charge in [0.05, 0.1) is 0 Å². The highest BCUT2D eigenvalue weighted by Crippen LogP contribution is 2.33. The maximum atomic E-state index is 4.19. The number of aryl methyl sites for hydroxylation is 1. The molecule has 0 fully saturated rings. The Morgan fingerprint density at radius 2 is 1.67 bits per heavy atom. The van der Waals surface area contributed by atoms with Crippen LogP contribution in [-0.2, 0) is 6.42 Å². The predicted octanol–water partition coefficient (Wildman–Crippen LogP) is 5.34. The summed E-state index contributed by atoms with van der Waals surface area (Å²) in [7, 11) is 0. The molecule has 0 heterocycles. The molecular formula is C18H22. The van der Waals surface area contributed by atoms with E-state index in [1.54, 1.807) is 0 Å². The lowest BCUT2D eigenvalue weighted by Gasteiger charge is -2.09. The molecule has 2 rings (SSSR count). The van der Waals surface area contributed by atoms with E-state index in [4.69, 9.17) is 0 Å². The molecule has 0 spiro atoms. The van der Waals surface area contributed by atoms with Gasteiger partial charge >= 0.3 is 0 Å². The van der Waals surface area contributed by atoms with E-state index in [0.29, 0.717) is 0 Å². The molecule has 1 aromatic carbocycles. The summed E-state index contributed by atoms with van der Waals surface area (Å²) in [4.78, 5) is 0. The van der Waals surface area contributed by atoms with Gasteiger partial charge in [-0.05, 0) is 40.7 Å². The topological polar surface area (TPSA) is 0 Å². The molecule has 1 aliphatic carbocycles. The third-order valence-electron chi connectivity index (χ3n) is 3.13. The van der Waals surface area contributed by atoms with Crippen molar-refractivity contribution >= 4 is 5.57 Å². The zero-order chi connectivity index (χ0) is 13.5. The second kappa shape index (κ2) is 6.80. The van der Waals surface area contributed by atoms with Crippen LogP contribution in [0.2, 0.25) is 0 Å². The first kappa shape index (κ1) is 14.2. The van der Waals surface area contributed by atoms with Crippen molar-refractivity contribution in [1.82, 2.24) is 0 Å². The lowest BCUT2D eigenvalue weighted by atomic mass is 9.95. The van der Waals surface area contributed by atoms with Crippen molar-refractivity contribution in [2.24, 2.45) is 0 Å². The highest BCUT2D eigenvalue weighted by atomic mass is 14.2. The first-order chi connectivity index (χ1) is 8.77. The minimum Gasteiger partial charge on any atom is -0.0988 e. The Hall–Kier alpha value is -1.82. The summed E-state index contributed by atoms with van der Waals surface area (Å²) in [6.45, 7) is 15.9. The van der Waals surface area contributed by atoms with Crippen LogP contribution in [0.3, 0.4) is 0 Å². The van der Waals surface area contributed by atoms with Crippen LogP contribution >= 0.6 is 0 Å². The van der Waals surface area contributed by atoms with Gasteiger partial charge in [0.1, 0.15) is 0 Å². The van der Waals surface area contributed by atoms with Crippen LogP contribution in [0.5, 0.6) is 0 Å². The van der Waals surface area contributed by atoms with Gasteiger partial charge in [-0.2, -0.15) is 0 Å². The van der Waals surface area contributed by atoms with Crippen LogP contribution in [0.15, 0.2) is 67.3 Å². The Labute approximate surface area is 111 Å². The highest BCUT2D eigenvalue weighted by Gasteiger charge is 2.15. The van der Waals surface area contributed by atoms with E-state index in [0.717, 1.165) is 24.0 Å². The van der Waals surface area contributed by atoms with Crippen molar-refractivity contribution < 1.29 is 0 Å². The molecule has 0 saturated heterocycles. The summed E-state index contributed by atoms with van der Waals surface area (Å²) < 4.78 is 0. The molecule has 0 unspecified atom stereocenters. The number of allylic oxidation sites excluding steroid dienone is 5. The predicted molar refractivity (Wildman–Crippen MR) is 82.6 cm³/mol. The molecule has 0 saturated carbocycles. The summed E-state index contributed by atoms with van der Waals surface area (Å²) in [5.41, 5.74) is 6.06. The van der Waals surface area contributed by atoms with Crippen LogP contribution in [0.4, 0.5) is 0 Å². The van der Waals surface area contributed by atoms with Gasteiger partial charge in [0, 0.05) is 0 Å². The molecule has 0 aliphatic heterocycles. The van der Waals surface area contributed by atoms with Gasteiger partial charge in [-0.1, -0.05) is 70.0 Å². The Balaban J connectivity index is 0.000000771. The van der Waals surface area contributed by atoms with E-state index in [-0.39, 0.29) is 0 Å². The molecule has 0 heteroatoms. The van der Waals surface area contributed by atoms with E-state index in [9.17, 15) is 0 Å². The largest absolute Gasteiger partial charge is 0.0988 e. The van der Waals surface area contributed by atoms with Crippen LogP contribution in [0.25, 0.3) is 5.57 Å². The zero-order valence-corrected chi connectivity index (χ0v) is 11.5. The zero-order valence-electron chi connectivity index (χ0n) is 11.5. The molecule has 0 amide bonds. The second-order valence-corrected chi connectivity index (χ2v) is 3.98. The maximum absolute atomic E-state index is 4.19. The van der Waals surface area contributed by atoms with Crippen molar-refractivity contribution in [3.05, 3.63) is 78.4 Å². The van der Waals surface area contributed by atoms with Crippen LogP contribution in [0.1, 0.15) is 31.4 Å². The smallest absolute Gasteiger partial charge is 0.0152 e. The monoisotopic (exact) mass is 238 g/mol. The lowest BCUT2D eigenvalue weighted by Crippen LogP contribution is -1.89. The number of hydrogen-bond donors (Lipinski definition) is 0. The first-order valence-electron chi connectivity index (χ1n) is 6.53. The summed E-state index contributed by atoms with van der Waals surface area (Å²) in [5, 5.41) is 0. The average molecular weight is 238 g/mol. The summed E-state index contributed by atoms with van der Waals surface area (Å²) in [6.07, 6.45) is 5.88. The molecule has 0 nitrogen and oxygen atoms in total. The average Bonchev–Trinajstić information content (AvgIpc) is 2.58. The fraction of sp³-hybridized carbons (Fsp3) is 0.222. The minimum absolute atomic E-state index is 1.01. The van der Waals surface area contributed by atoms with E-state index in [1.807, 2.05) is 26.0 Å². The third-order valence-corrected chi connectivity index (χ3v) is 3.13. The van der Waals surface area contributed by atoms with Crippen LogP contribution in [-0.4, -0.2) is 0 Å². The molecular weight excluding hydrogens is 216 g/mol. The summed E-state index contributed by atoms with van der Waals surface area (Å²) >= 11 is 0. The number of fused-ring (bicyclic) bond motifs is 1. The minimum atomic E-state index is 1.01. The molecule has 94 valence electrons. The number of rotatable bonds is 2. The van der Waals surface area contributed by atoms with Gasteiger partial charge < -0.3 is 0 Å². The van der Waals surface area contributed by atoms with E-state index < -0.39 is 0 Å². The standard InChI is InChI=1S/C16H16.C2H6/c1-4-13-10-11-14-8-6-7-9-16(14)12(3)15(13)5-2;1-2/h4-9H,1-3,10-11H2;1-2H3. The summed E-state index contributed by atoms with van der Waals surface area (Å²) in [5.74, 6) is 0. The van der Waals surface area contributed by atoms with Crippen molar-refractivity contribution in [1.29, 1.82) is 0 Å². The lowest BCUT2D eigenvalue weighted by molar-refractivity contribution is 0.968. The van der Waals surface area contributed by atoms with Crippen LogP contribution < -0.4 is 0 Å². The van der Waals surface area contributed by atoms with Gasteiger partial charge in [-0.25, -0.2) is 0 Å². The molecule has 0 radical (unpaired) electrons. The quantitative estimate of drug-likeness (QED) is 0.652. The van der Waals surface area contributed by atoms with Gasteiger partial charge in [0.2, 0.25) is 0 Å². The molecule has 0 aromatic heterocycles. The normalized spacial score (nSPS) is 14.0. The third kappa shape index (κ3) is 2.70. The van der Waals surface area contributed by atoms with Crippen molar-refractivity contribution in [2.75, 3.05) is 0 Å². The summed E-state index contributed by atoms with van der Waals surface area (Å²) in [6, 6.07) is 8.45. The van der Waals surface area contributed by atoms with Crippen molar-refractivity contribution in [2.45, 2.75) is 26.7 Å². The molecule has 0 bridgehead atoms. The SMILES string of the molecule is C=CC1=C(C=C)C(=C)c2ccccc2CC1.CC. The number of benzene rings is 1. The van der Waals surface area contributed by atoms with Crippen molar-refractivity contribution in [3.8, 4) is 0 Å². The fourth-order valence-electron chi connectivity index (χ4n) is 2.24. The Morgan fingerprint density at radius 1 is 1.00 bits per heavy atom. The maximum Gasteiger partial charge on any atom is -0.0152 e. The molecule has 18 heavy (non-hydrogen) atoms. The Morgan fingerprint density at radius 3 is 2.28 bits per heavy atom. The fourth-order valence-corrected chi connectivity index (χ4v) is 2.24. The molecule has 0 N–H and O–H groups in total. The van der Waals surface area contributed by atoms with Crippen LogP contribution in [0, 0.1) is 0 Å². The van der Waals surface area contributed by atoms with Gasteiger partial charge in [0.15, 0.2) is 0 Å². The second-order valence-electron chi connectivity index (χ2n) is 3.98. The Kier molecular flexibility index (Phi) is 5.38. The van der Waals surface area contributed by atoms with Gasteiger partial charge in [-0.3, -0.25) is 0 Å². The van der Waals surface area contributed by atoms with Crippen molar-refractivity contribution in [3.63, 3.8) is 0 Å². The van der Waals surface area contributed by atoms with E-state index in [2.05, 4.69) is 44.0 Å². The van der Waals surface area contributed by atoms with E-state index in [1.165, 1.54) is 16.7 Å². The molecule has 0 atom stereocenters. The Bertz CT molecular complexity index is 487. The number of hydrogen-bond acceptors (Lipinski definition) is 0. The molecule has 1 aliphatic rings.